The molecule has 2 atom stereocenters. The fraction of sp³-hybridized carbons (Fsp3) is 0.259. The molecule has 4 rings (SSSR count). The minimum absolute atomic E-state index is 0.0395. The maximum absolute atomic E-state index is 13.8. The fourth-order valence-corrected chi connectivity index (χ4v) is 4.46. The van der Waals surface area contributed by atoms with Gasteiger partial charge in [-0.15, -0.1) is 0 Å². The normalized spacial score (nSPS) is 15.8. The Hall–Kier alpha value is -3.60. The van der Waals surface area contributed by atoms with Gasteiger partial charge in [-0.25, -0.2) is 0 Å². The van der Waals surface area contributed by atoms with Gasteiger partial charge in [-0.05, 0) is 67.6 Å². The molecule has 5 nitrogen and oxygen atoms in total. The highest BCUT2D eigenvalue weighted by atomic mass is 16.5. The van der Waals surface area contributed by atoms with Gasteiger partial charge in [-0.1, -0.05) is 54.6 Å². The topological polar surface area (TPSA) is 72.6 Å². The summed E-state index contributed by atoms with van der Waals surface area (Å²) in [5.74, 6) is -0.0112. The number of hydrogen-bond donors (Lipinski definition) is 1. The molecule has 3 aromatic carbocycles. The van der Waals surface area contributed by atoms with Crippen LogP contribution in [0.2, 0.25) is 0 Å². The van der Waals surface area contributed by atoms with Crippen molar-refractivity contribution >= 4 is 11.8 Å². The van der Waals surface area contributed by atoms with Crippen molar-refractivity contribution in [1.82, 2.24) is 4.90 Å². The van der Waals surface area contributed by atoms with Crippen LogP contribution >= 0.6 is 0 Å². The van der Waals surface area contributed by atoms with E-state index in [9.17, 15) is 9.59 Å². The minimum atomic E-state index is -0.880. The number of amides is 2. The molecule has 5 heteroatoms. The second-order valence-electron chi connectivity index (χ2n) is 8.38. The first-order chi connectivity index (χ1) is 15.5. The third kappa shape index (κ3) is 4.37. The van der Waals surface area contributed by atoms with Crippen molar-refractivity contribution in [2.45, 2.75) is 44.9 Å². The van der Waals surface area contributed by atoms with E-state index in [4.69, 9.17) is 10.5 Å². The molecule has 0 aliphatic heterocycles. The summed E-state index contributed by atoms with van der Waals surface area (Å²) in [4.78, 5) is 28.2. The van der Waals surface area contributed by atoms with E-state index in [1.54, 1.807) is 17.0 Å². The number of primary amides is 1. The molecule has 0 spiro atoms. The first-order valence-corrected chi connectivity index (χ1v) is 11.0. The predicted molar refractivity (Wildman–Crippen MR) is 124 cm³/mol. The molecule has 0 heterocycles. The number of ether oxygens (including phenoxy) is 1. The molecule has 0 unspecified atom stereocenters. The monoisotopic (exact) mass is 428 g/mol. The van der Waals surface area contributed by atoms with E-state index in [0.717, 1.165) is 29.7 Å². The number of carbonyl (C=O) groups is 2. The molecule has 1 aliphatic rings. The standard InChI is InChI=1S/C27H28N2O3/c1-18(2)32-22-15-13-19-14-16-24(23(19)17-22)29(27(31)21-11-7-4-8-12-21)25(26(28)30)20-9-5-3-6-10-20/h3-13,15,17-18,24-25H,14,16H2,1-2H3,(H2,28,30)/t24-,25-/m1/s1. The van der Waals surface area contributed by atoms with E-state index in [2.05, 4.69) is 6.07 Å². The average molecular weight is 429 g/mol. The highest BCUT2D eigenvalue weighted by Crippen LogP contribution is 2.42. The van der Waals surface area contributed by atoms with E-state index >= 15 is 0 Å². The third-order valence-corrected chi connectivity index (χ3v) is 5.79. The van der Waals surface area contributed by atoms with E-state index < -0.39 is 11.9 Å². The Morgan fingerprint density at radius 1 is 0.969 bits per heavy atom. The van der Waals surface area contributed by atoms with Crippen LogP contribution in [0.3, 0.4) is 0 Å². The SMILES string of the molecule is CC(C)Oc1ccc2c(c1)[C@H](N(C(=O)c1ccccc1)[C@@H](C(N)=O)c1ccccc1)CC2. The van der Waals surface area contributed by atoms with Crippen molar-refractivity contribution < 1.29 is 14.3 Å². The second-order valence-corrected chi connectivity index (χ2v) is 8.38. The summed E-state index contributed by atoms with van der Waals surface area (Å²) in [6.07, 6.45) is 1.58. The Balaban J connectivity index is 1.83. The molecule has 0 aromatic heterocycles. The quantitative estimate of drug-likeness (QED) is 0.586. The van der Waals surface area contributed by atoms with Crippen molar-refractivity contribution in [1.29, 1.82) is 0 Å². The summed E-state index contributed by atoms with van der Waals surface area (Å²) < 4.78 is 5.91. The molecular formula is C27H28N2O3. The summed E-state index contributed by atoms with van der Waals surface area (Å²) in [6.45, 7) is 3.96. The number of rotatable bonds is 7. The number of benzene rings is 3. The van der Waals surface area contributed by atoms with Crippen LogP contribution in [0.5, 0.6) is 5.75 Å². The molecule has 0 fully saturated rings. The Bertz CT molecular complexity index is 1100. The van der Waals surface area contributed by atoms with E-state index in [1.807, 2.05) is 74.5 Å². The molecule has 2 N–H and O–H groups in total. The number of aryl methyl sites for hydroxylation is 1. The van der Waals surface area contributed by atoms with Crippen LogP contribution in [0.1, 0.15) is 59.4 Å². The molecule has 0 saturated carbocycles. The van der Waals surface area contributed by atoms with Crippen LogP contribution in [0.4, 0.5) is 0 Å². The van der Waals surface area contributed by atoms with Crippen molar-refractivity contribution in [3.63, 3.8) is 0 Å². The van der Waals surface area contributed by atoms with Crippen LogP contribution in [-0.2, 0) is 11.2 Å². The van der Waals surface area contributed by atoms with Crippen LogP contribution in [-0.4, -0.2) is 22.8 Å². The van der Waals surface area contributed by atoms with Gasteiger partial charge in [-0.2, -0.15) is 0 Å². The maximum atomic E-state index is 13.8. The Morgan fingerprint density at radius 3 is 2.25 bits per heavy atom. The molecule has 2 amide bonds. The lowest BCUT2D eigenvalue weighted by atomic mass is 9.98. The van der Waals surface area contributed by atoms with E-state index in [-0.39, 0.29) is 18.1 Å². The zero-order valence-electron chi connectivity index (χ0n) is 18.4. The Morgan fingerprint density at radius 2 is 1.62 bits per heavy atom. The van der Waals surface area contributed by atoms with Gasteiger partial charge in [0, 0.05) is 5.56 Å². The summed E-state index contributed by atoms with van der Waals surface area (Å²) in [7, 11) is 0. The number of carbonyl (C=O) groups excluding carboxylic acids is 2. The lowest BCUT2D eigenvalue weighted by molar-refractivity contribution is -0.123. The van der Waals surface area contributed by atoms with Crippen molar-refractivity contribution in [3.8, 4) is 5.75 Å². The summed E-state index contributed by atoms with van der Waals surface area (Å²) in [5, 5.41) is 0. The van der Waals surface area contributed by atoms with Crippen molar-refractivity contribution in [2.75, 3.05) is 0 Å². The zero-order chi connectivity index (χ0) is 22.7. The lowest BCUT2D eigenvalue weighted by Gasteiger charge is -2.36. The molecule has 0 bridgehead atoms. The molecule has 164 valence electrons. The van der Waals surface area contributed by atoms with Gasteiger partial charge in [0.1, 0.15) is 11.8 Å². The maximum Gasteiger partial charge on any atom is 0.255 e. The summed E-state index contributed by atoms with van der Waals surface area (Å²) >= 11 is 0. The third-order valence-electron chi connectivity index (χ3n) is 5.79. The number of nitrogens with zero attached hydrogens (tertiary/aromatic N) is 1. The highest BCUT2D eigenvalue weighted by molar-refractivity contribution is 5.98. The van der Waals surface area contributed by atoms with Gasteiger partial charge < -0.3 is 15.4 Å². The van der Waals surface area contributed by atoms with Crippen LogP contribution < -0.4 is 10.5 Å². The van der Waals surface area contributed by atoms with Crippen LogP contribution in [0.25, 0.3) is 0 Å². The molecular weight excluding hydrogens is 400 g/mol. The van der Waals surface area contributed by atoms with Gasteiger partial charge in [0.2, 0.25) is 5.91 Å². The molecule has 0 radical (unpaired) electrons. The lowest BCUT2D eigenvalue weighted by Crippen LogP contribution is -2.43. The molecule has 1 aliphatic carbocycles. The minimum Gasteiger partial charge on any atom is -0.491 e. The van der Waals surface area contributed by atoms with Gasteiger partial charge in [0.15, 0.2) is 0 Å². The van der Waals surface area contributed by atoms with Crippen molar-refractivity contribution in [3.05, 3.63) is 101 Å². The smallest absolute Gasteiger partial charge is 0.255 e. The Labute approximate surface area is 188 Å². The molecule has 32 heavy (non-hydrogen) atoms. The Kier molecular flexibility index (Phi) is 6.26. The average Bonchev–Trinajstić information content (AvgIpc) is 3.20. The fourth-order valence-electron chi connectivity index (χ4n) is 4.46. The van der Waals surface area contributed by atoms with E-state index in [0.29, 0.717) is 11.1 Å². The van der Waals surface area contributed by atoms with Gasteiger partial charge in [-0.3, -0.25) is 9.59 Å². The number of fused-ring (bicyclic) bond motifs is 1. The largest absolute Gasteiger partial charge is 0.491 e. The first kappa shape index (κ1) is 21.6. The first-order valence-electron chi connectivity index (χ1n) is 11.0. The zero-order valence-corrected chi connectivity index (χ0v) is 18.4. The number of nitrogens with two attached hydrogens (primary N) is 1. The van der Waals surface area contributed by atoms with Crippen LogP contribution in [0.15, 0.2) is 78.9 Å². The van der Waals surface area contributed by atoms with Gasteiger partial charge >= 0.3 is 0 Å². The summed E-state index contributed by atoms with van der Waals surface area (Å²) in [5.41, 5.74) is 9.31. The second kappa shape index (κ2) is 9.27. The van der Waals surface area contributed by atoms with Gasteiger partial charge in [0.05, 0.1) is 12.1 Å². The van der Waals surface area contributed by atoms with Gasteiger partial charge in [0.25, 0.3) is 5.91 Å². The van der Waals surface area contributed by atoms with Crippen molar-refractivity contribution in [2.24, 2.45) is 5.73 Å². The van der Waals surface area contributed by atoms with Crippen LogP contribution in [0, 0.1) is 0 Å². The van der Waals surface area contributed by atoms with E-state index in [1.165, 1.54) is 0 Å². The predicted octanol–water partition coefficient (Wildman–Crippen LogP) is 4.83. The number of hydrogen-bond acceptors (Lipinski definition) is 3. The summed E-state index contributed by atoms with van der Waals surface area (Å²) in [6, 6.07) is 23.2. The molecule has 3 aromatic rings. The molecule has 0 saturated heterocycles. The highest BCUT2D eigenvalue weighted by Gasteiger charge is 2.39.